The smallest absolute Gasteiger partial charge is 0.263 e. The third-order valence-electron chi connectivity index (χ3n) is 3.55. The number of hydrazone groups is 1. The van der Waals surface area contributed by atoms with Crippen LogP contribution in [0.4, 0.5) is 5.69 Å². The van der Waals surface area contributed by atoms with E-state index < -0.39 is 0 Å². The fourth-order valence-corrected chi connectivity index (χ4v) is 2.31. The largest absolute Gasteiger partial charge is 0.497 e. The van der Waals surface area contributed by atoms with Gasteiger partial charge in [0.2, 0.25) is 5.91 Å². The number of rotatable bonds is 4. The molecule has 2 heterocycles. The lowest BCUT2D eigenvalue weighted by Gasteiger charge is -2.31. The molecule has 1 fully saturated rings. The molecule has 24 heavy (non-hydrogen) atoms. The highest BCUT2D eigenvalue weighted by atomic mass is 16.5. The van der Waals surface area contributed by atoms with Crippen molar-refractivity contribution in [3.05, 3.63) is 54.4 Å². The number of methoxy groups -OCH3 is 1. The summed E-state index contributed by atoms with van der Waals surface area (Å²) >= 11 is 0. The Hall–Kier alpha value is -3.22. The van der Waals surface area contributed by atoms with Crippen LogP contribution >= 0.6 is 0 Å². The molecular weight excluding hydrogens is 308 g/mol. The van der Waals surface area contributed by atoms with Crippen molar-refractivity contribution in [1.29, 1.82) is 0 Å². The Kier molecular flexibility index (Phi) is 4.51. The van der Waals surface area contributed by atoms with Gasteiger partial charge < -0.3 is 9.64 Å². The maximum absolute atomic E-state index is 12.4. The number of piperazine rings is 1. The summed E-state index contributed by atoms with van der Waals surface area (Å²) in [5.74, 6) is 0.161. The summed E-state index contributed by atoms with van der Waals surface area (Å²) in [7, 11) is 1.55. The first-order valence-electron chi connectivity index (χ1n) is 7.37. The molecule has 3 rings (SSSR count). The topological polar surface area (TPSA) is 75.1 Å². The van der Waals surface area contributed by atoms with Crippen LogP contribution in [0.1, 0.15) is 5.69 Å². The third kappa shape index (κ3) is 3.40. The van der Waals surface area contributed by atoms with E-state index in [1.165, 1.54) is 11.1 Å². The molecule has 1 aliphatic heterocycles. The molecule has 0 spiro atoms. The number of carbonyl (C=O) groups excluding carboxylic acids is 2. The van der Waals surface area contributed by atoms with E-state index in [2.05, 4.69) is 10.1 Å². The average molecular weight is 324 g/mol. The first kappa shape index (κ1) is 15.7. The highest BCUT2D eigenvalue weighted by Gasteiger charge is 2.30. The first-order valence-corrected chi connectivity index (χ1v) is 7.37. The molecule has 7 heteroatoms. The van der Waals surface area contributed by atoms with E-state index in [0.717, 1.165) is 5.01 Å². The number of aromatic nitrogens is 1. The average Bonchev–Trinajstić information content (AvgIpc) is 2.63. The van der Waals surface area contributed by atoms with Gasteiger partial charge in [-0.2, -0.15) is 5.10 Å². The lowest BCUT2D eigenvalue weighted by atomic mass is 10.2. The monoisotopic (exact) mass is 324 g/mol. The van der Waals surface area contributed by atoms with Crippen molar-refractivity contribution in [2.75, 3.05) is 25.1 Å². The summed E-state index contributed by atoms with van der Waals surface area (Å²) < 4.78 is 5.15. The zero-order valence-electron chi connectivity index (χ0n) is 13.1. The number of hydrogen-bond donors (Lipinski definition) is 0. The molecular formula is C17H16N4O3. The van der Waals surface area contributed by atoms with Gasteiger partial charge in [-0.25, -0.2) is 5.01 Å². The Morgan fingerprint density at radius 3 is 2.75 bits per heavy atom. The van der Waals surface area contributed by atoms with Crippen LogP contribution in [0.2, 0.25) is 0 Å². The zero-order chi connectivity index (χ0) is 16.9. The Morgan fingerprint density at radius 2 is 2.00 bits per heavy atom. The van der Waals surface area contributed by atoms with Crippen LogP contribution in [0.5, 0.6) is 5.75 Å². The summed E-state index contributed by atoms with van der Waals surface area (Å²) in [5.41, 5.74) is 1.24. The summed E-state index contributed by atoms with van der Waals surface area (Å²) in [4.78, 5) is 30.1. The predicted octanol–water partition coefficient (Wildman–Crippen LogP) is 1.30. The number of benzene rings is 1. The molecule has 0 N–H and O–H groups in total. The zero-order valence-corrected chi connectivity index (χ0v) is 13.1. The van der Waals surface area contributed by atoms with Crippen LogP contribution in [0.15, 0.2) is 53.8 Å². The molecule has 2 aromatic rings. The predicted molar refractivity (Wildman–Crippen MR) is 88.9 cm³/mol. The third-order valence-corrected chi connectivity index (χ3v) is 3.55. The maximum atomic E-state index is 12.4. The molecule has 0 bridgehead atoms. The van der Waals surface area contributed by atoms with E-state index in [4.69, 9.17) is 4.74 Å². The van der Waals surface area contributed by atoms with Crippen LogP contribution in [0.3, 0.4) is 0 Å². The molecule has 0 unspecified atom stereocenters. The highest BCUT2D eigenvalue weighted by molar-refractivity contribution is 6.04. The highest BCUT2D eigenvalue weighted by Crippen LogP contribution is 2.23. The Bertz CT molecular complexity index is 776. The number of amides is 2. The second-order valence-corrected chi connectivity index (χ2v) is 5.13. The Balaban J connectivity index is 1.73. The van der Waals surface area contributed by atoms with Gasteiger partial charge >= 0.3 is 0 Å². The molecule has 122 valence electrons. The standard InChI is InChI=1S/C17H16N4O3/c1-24-15-7-4-6-14(9-15)20-11-17(23)21(12-16(20)22)19-10-13-5-2-3-8-18-13/h2-10H,11-12H2,1H3/b19-10-. The van der Waals surface area contributed by atoms with Crippen molar-refractivity contribution >= 4 is 23.7 Å². The van der Waals surface area contributed by atoms with E-state index in [1.54, 1.807) is 49.7 Å². The van der Waals surface area contributed by atoms with Gasteiger partial charge in [-0.15, -0.1) is 0 Å². The van der Waals surface area contributed by atoms with E-state index >= 15 is 0 Å². The second-order valence-electron chi connectivity index (χ2n) is 5.13. The van der Waals surface area contributed by atoms with Gasteiger partial charge in [0.25, 0.3) is 5.91 Å². The summed E-state index contributed by atoms with van der Waals surface area (Å²) in [6.45, 7) is -0.176. The van der Waals surface area contributed by atoms with Crippen molar-refractivity contribution < 1.29 is 14.3 Å². The number of anilines is 1. The fraction of sp³-hybridized carbons (Fsp3) is 0.176. The van der Waals surface area contributed by atoms with Crippen LogP contribution in [-0.2, 0) is 9.59 Å². The van der Waals surface area contributed by atoms with Crippen molar-refractivity contribution in [2.45, 2.75) is 0 Å². The minimum atomic E-state index is -0.260. The maximum Gasteiger partial charge on any atom is 0.263 e. The van der Waals surface area contributed by atoms with Gasteiger partial charge in [0.15, 0.2) is 0 Å². The van der Waals surface area contributed by atoms with Crippen LogP contribution in [0.25, 0.3) is 0 Å². The number of pyridine rings is 1. The van der Waals surface area contributed by atoms with E-state index in [1.807, 2.05) is 6.07 Å². The van der Waals surface area contributed by atoms with Crippen LogP contribution < -0.4 is 9.64 Å². The molecule has 0 aliphatic carbocycles. The lowest BCUT2D eigenvalue weighted by Crippen LogP contribution is -2.52. The van der Waals surface area contributed by atoms with E-state index in [-0.39, 0.29) is 24.9 Å². The van der Waals surface area contributed by atoms with E-state index in [9.17, 15) is 9.59 Å². The van der Waals surface area contributed by atoms with Crippen molar-refractivity contribution in [3.8, 4) is 5.75 Å². The van der Waals surface area contributed by atoms with E-state index in [0.29, 0.717) is 17.1 Å². The minimum Gasteiger partial charge on any atom is -0.497 e. The molecule has 1 aliphatic rings. The van der Waals surface area contributed by atoms with Crippen LogP contribution in [0, 0.1) is 0 Å². The SMILES string of the molecule is COc1cccc(N2CC(=O)N(/N=C\c3ccccn3)CC2=O)c1. The summed E-state index contributed by atoms with van der Waals surface area (Å²) in [6, 6.07) is 12.4. The van der Waals surface area contributed by atoms with Gasteiger partial charge in [-0.1, -0.05) is 12.1 Å². The van der Waals surface area contributed by atoms with Gasteiger partial charge in [0.1, 0.15) is 18.8 Å². The van der Waals surface area contributed by atoms with Gasteiger partial charge in [0.05, 0.1) is 19.0 Å². The molecule has 0 atom stereocenters. The second kappa shape index (κ2) is 6.91. The number of hydrogen-bond acceptors (Lipinski definition) is 5. The summed E-state index contributed by atoms with van der Waals surface area (Å²) in [5, 5.41) is 5.23. The normalized spacial score (nSPS) is 15.2. The lowest BCUT2D eigenvalue weighted by molar-refractivity contribution is -0.138. The van der Waals surface area contributed by atoms with Crippen molar-refractivity contribution in [1.82, 2.24) is 9.99 Å². The fourth-order valence-electron chi connectivity index (χ4n) is 2.31. The minimum absolute atomic E-state index is 0.0639. The first-order chi connectivity index (χ1) is 11.7. The van der Waals surface area contributed by atoms with Crippen LogP contribution in [-0.4, -0.2) is 48.2 Å². The number of nitrogens with zero attached hydrogens (tertiary/aromatic N) is 4. The quantitative estimate of drug-likeness (QED) is 0.795. The van der Waals surface area contributed by atoms with Crippen molar-refractivity contribution in [2.24, 2.45) is 5.10 Å². The molecule has 7 nitrogen and oxygen atoms in total. The molecule has 1 aromatic carbocycles. The van der Waals surface area contributed by atoms with Gasteiger partial charge in [-0.3, -0.25) is 14.6 Å². The van der Waals surface area contributed by atoms with Gasteiger partial charge in [-0.05, 0) is 24.3 Å². The Labute approximate surface area is 139 Å². The summed E-state index contributed by atoms with van der Waals surface area (Å²) in [6.07, 6.45) is 3.10. The molecule has 1 saturated heterocycles. The Morgan fingerprint density at radius 1 is 1.12 bits per heavy atom. The molecule has 1 aromatic heterocycles. The van der Waals surface area contributed by atoms with Crippen molar-refractivity contribution in [3.63, 3.8) is 0 Å². The number of carbonyl (C=O) groups is 2. The molecule has 0 radical (unpaired) electrons. The van der Waals surface area contributed by atoms with Gasteiger partial charge in [0, 0.05) is 18.0 Å². The molecule has 0 saturated carbocycles. The number of ether oxygens (including phenoxy) is 1. The molecule has 2 amide bonds.